The molecule has 2 rings (SSSR count). The van der Waals surface area contributed by atoms with Crippen molar-refractivity contribution in [3.8, 4) is 0 Å². The van der Waals surface area contributed by atoms with Crippen LogP contribution >= 0.6 is 11.3 Å². The summed E-state index contributed by atoms with van der Waals surface area (Å²) in [5, 5.41) is 3.56. The molecule has 1 N–H and O–H groups in total. The Morgan fingerprint density at radius 1 is 1.10 bits per heavy atom. The molecule has 0 saturated heterocycles. The van der Waals surface area contributed by atoms with E-state index >= 15 is 0 Å². The molecular weight excluding hydrogens is 262 g/mol. The van der Waals surface area contributed by atoms with Crippen LogP contribution in [-0.4, -0.2) is 7.05 Å². The third-order valence-corrected chi connectivity index (χ3v) is 5.26. The number of thiophene rings is 1. The van der Waals surface area contributed by atoms with Crippen molar-refractivity contribution < 1.29 is 0 Å². The van der Waals surface area contributed by atoms with E-state index in [-0.39, 0.29) is 0 Å². The molecule has 20 heavy (non-hydrogen) atoms. The maximum absolute atomic E-state index is 3.56. The van der Waals surface area contributed by atoms with Crippen LogP contribution in [0.2, 0.25) is 0 Å². The molecule has 1 heterocycles. The first-order chi connectivity index (χ1) is 9.67. The van der Waals surface area contributed by atoms with Gasteiger partial charge >= 0.3 is 0 Å². The summed E-state index contributed by atoms with van der Waals surface area (Å²) in [7, 11) is 2.08. The number of rotatable bonds is 6. The molecular formula is C18H25NS. The van der Waals surface area contributed by atoms with Crippen LogP contribution in [-0.2, 0) is 0 Å². The van der Waals surface area contributed by atoms with E-state index in [4.69, 9.17) is 0 Å². The highest BCUT2D eigenvalue weighted by atomic mass is 32.1. The third kappa shape index (κ3) is 3.31. The van der Waals surface area contributed by atoms with Gasteiger partial charge in [0.2, 0.25) is 0 Å². The zero-order valence-corrected chi connectivity index (χ0v) is 13.7. The minimum Gasteiger partial charge on any atom is -0.312 e. The van der Waals surface area contributed by atoms with Crippen molar-refractivity contribution >= 4 is 11.3 Å². The van der Waals surface area contributed by atoms with Gasteiger partial charge < -0.3 is 5.32 Å². The largest absolute Gasteiger partial charge is 0.312 e. The quantitative estimate of drug-likeness (QED) is 0.775. The molecule has 0 aliphatic heterocycles. The monoisotopic (exact) mass is 287 g/mol. The predicted molar refractivity (Wildman–Crippen MR) is 89.5 cm³/mol. The first-order valence-corrected chi connectivity index (χ1v) is 8.27. The van der Waals surface area contributed by atoms with Crippen LogP contribution in [0, 0.1) is 12.8 Å². The fraction of sp³-hybridized carbons (Fsp3) is 0.444. The van der Waals surface area contributed by atoms with Crippen molar-refractivity contribution in [2.75, 3.05) is 7.05 Å². The minimum atomic E-state index is 0.394. The Morgan fingerprint density at radius 2 is 1.80 bits per heavy atom. The second-order valence-electron chi connectivity index (χ2n) is 5.54. The Kier molecular flexibility index (Phi) is 5.38. The number of hydrogen-bond acceptors (Lipinski definition) is 2. The highest BCUT2D eigenvalue weighted by molar-refractivity contribution is 7.12. The molecule has 3 unspecified atom stereocenters. The number of nitrogens with one attached hydrogen (secondary N) is 1. The molecule has 3 atom stereocenters. The van der Waals surface area contributed by atoms with Crippen molar-refractivity contribution in [1.82, 2.24) is 5.32 Å². The topological polar surface area (TPSA) is 12.0 Å². The Morgan fingerprint density at radius 3 is 2.30 bits per heavy atom. The van der Waals surface area contributed by atoms with Crippen LogP contribution in [0.15, 0.2) is 42.5 Å². The Balaban J connectivity index is 2.39. The lowest BCUT2D eigenvalue weighted by Gasteiger charge is -2.31. The summed E-state index contributed by atoms with van der Waals surface area (Å²) in [5.41, 5.74) is 1.44. The Bertz CT molecular complexity index is 517. The van der Waals surface area contributed by atoms with Gasteiger partial charge in [0.05, 0.1) is 0 Å². The van der Waals surface area contributed by atoms with Crippen LogP contribution in [0.4, 0.5) is 0 Å². The standard InChI is InChI=1S/C18H25NS/c1-5-13(2)17(15-9-7-6-8-10-15)18(19-4)16-12-11-14(3)20-16/h6-13,17-19H,5H2,1-4H3. The van der Waals surface area contributed by atoms with Crippen molar-refractivity contribution in [3.05, 3.63) is 57.8 Å². The number of aryl methyl sites for hydroxylation is 1. The SMILES string of the molecule is CCC(C)C(c1ccccc1)C(NC)c1ccc(C)s1. The van der Waals surface area contributed by atoms with Crippen molar-refractivity contribution in [1.29, 1.82) is 0 Å². The molecule has 0 bridgehead atoms. The zero-order valence-electron chi connectivity index (χ0n) is 12.9. The van der Waals surface area contributed by atoms with E-state index in [1.54, 1.807) is 0 Å². The molecule has 0 aliphatic carbocycles. The maximum atomic E-state index is 3.56. The molecule has 1 nitrogen and oxygen atoms in total. The molecule has 0 saturated carbocycles. The van der Waals surface area contributed by atoms with Crippen molar-refractivity contribution in [2.45, 2.75) is 39.2 Å². The highest BCUT2D eigenvalue weighted by Crippen LogP contribution is 2.40. The molecule has 0 fully saturated rings. The smallest absolute Gasteiger partial charge is 0.0484 e. The van der Waals surface area contributed by atoms with Gasteiger partial charge in [-0.15, -0.1) is 11.3 Å². The van der Waals surface area contributed by atoms with E-state index in [1.165, 1.54) is 21.7 Å². The van der Waals surface area contributed by atoms with Crippen LogP contribution < -0.4 is 5.32 Å². The summed E-state index contributed by atoms with van der Waals surface area (Å²) in [6.45, 7) is 6.83. The predicted octanol–water partition coefficient (Wildman–Crippen LogP) is 5.15. The van der Waals surface area contributed by atoms with Gasteiger partial charge in [-0.2, -0.15) is 0 Å². The molecule has 1 aromatic heterocycles. The average Bonchev–Trinajstić information content (AvgIpc) is 2.91. The molecule has 2 aromatic rings. The van der Waals surface area contributed by atoms with E-state index in [2.05, 4.69) is 75.6 Å². The van der Waals surface area contributed by atoms with Crippen LogP contribution in [0.25, 0.3) is 0 Å². The van der Waals surface area contributed by atoms with E-state index in [1.807, 2.05) is 11.3 Å². The lowest BCUT2D eigenvalue weighted by molar-refractivity contribution is 0.358. The van der Waals surface area contributed by atoms with E-state index < -0.39 is 0 Å². The van der Waals surface area contributed by atoms with Crippen molar-refractivity contribution in [3.63, 3.8) is 0 Å². The Hall–Kier alpha value is -1.12. The molecule has 2 heteroatoms. The Labute approximate surface area is 127 Å². The zero-order chi connectivity index (χ0) is 14.5. The summed E-state index contributed by atoms with van der Waals surface area (Å²) in [6.07, 6.45) is 1.20. The average molecular weight is 287 g/mol. The lowest BCUT2D eigenvalue weighted by Crippen LogP contribution is -2.27. The highest BCUT2D eigenvalue weighted by Gasteiger charge is 2.28. The minimum absolute atomic E-state index is 0.394. The summed E-state index contributed by atoms with van der Waals surface area (Å²) in [6, 6.07) is 15.8. The van der Waals surface area contributed by atoms with Gasteiger partial charge in [0.25, 0.3) is 0 Å². The van der Waals surface area contributed by atoms with Gasteiger partial charge in [-0.25, -0.2) is 0 Å². The fourth-order valence-electron chi connectivity index (χ4n) is 2.90. The van der Waals surface area contributed by atoms with Gasteiger partial charge in [-0.05, 0) is 37.6 Å². The number of benzene rings is 1. The van der Waals surface area contributed by atoms with Crippen LogP contribution in [0.1, 0.15) is 47.5 Å². The molecule has 0 radical (unpaired) electrons. The molecule has 1 aromatic carbocycles. The third-order valence-electron chi connectivity index (χ3n) is 4.18. The summed E-state index contributed by atoms with van der Waals surface area (Å²) < 4.78 is 0. The van der Waals surface area contributed by atoms with Gasteiger partial charge in [0.15, 0.2) is 0 Å². The van der Waals surface area contributed by atoms with Gasteiger partial charge in [-0.3, -0.25) is 0 Å². The maximum Gasteiger partial charge on any atom is 0.0484 e. The van der Waals surface area contributed by atoms with Gasteiger partial charge in [-0.1, -0.05) is 50.6 Å². The molecule has 108 valence electrons. The van der Waals surface area contributed by atoms with E-state index in [0.29, 0.717) is 17.9 Å². The molecule has 0 spiro atoms. The van der Waals surface area contributed by atoms with Gasteiger partial charge in [0, 0.05) is 21.7 Å². The number of likely N-dealkylation sites (N-methyl/N-ethyl adjacent to an activating group) is 1. The number of hydrogen-bond donors (Lipinski definition) is 1. The molecule has 0 aliphatic rings. The summed E-state index contributed by atoms with van der Waals surface area (Å²) in [4.78, 5) is 2.83. The van der Waals surface area contributed by atoms with Gasteiger partial charge in [0.1, 0.15) is 0 Å². The summed E-state index contributed by atoms with van der Waals surface area (Å²) in [5.74, 6) is 1.17. The lowest BCUT2D eigenvalue weighted by atomic mass is 9.79. The fourth-order valence-corrected chi connectivity index (χ4v) is 3.93. The normalized spacial score (nSPS) is 15.8. The molecule has 0 amide bonds. The van der Waals surface area contributed by atoms with E-state index in [0.717, 1.165) is 0 Å². The summed E-state index contributed by atoms with van der Waals surface area (Å²) >= 11 is 1.91. The van der Waals surface area contributed by atoms with Crippen LogP contribution in [0.3, 0.4) is 0 Å². The second-order valence-corrected chi connectivity index (χ2v) is 6.86. The first-order valence-electron chi connectivity index (χ1n) is 7.46. The second kappa shape index (κ2) is 7.05. The van der Waals surface area contributed by atoms with E-state index in [9.17, 15) is 0 Å². The van der Waals surface area contributed by atoms with Crippen molar-refractivity contribution in [2.24, 2.45) is 5.92 Å². The first kappa shape index (κ1) is 15.3. The van der Waals surface area contributed by atoms with Crippen LogP contribution in [0.5, 0.6) is 0 Å².